The Hall–Kier alpha value is -3.96. The van der Waals surface area contributed by atoms with Gasteiger partial charge in [0.1, 0.15) is 28.1 Å². The summed E-state index contributed by atoms with van der Waals surface area (Å²) in [6.07, 6.45) is 11.3. The van der Waals surface area contributed by atoms with Crippen LogP contribution in [0.25, 0.3) is 21.9 Å². The lowest BCUT2D eigenvalue weighted by atomic mass is 9.98. The summed E-state index contributed by atoms with van der Waals surface area (Å²) in [6, 6.07) is 5.59. The van der Waals surface area contributed by atoms with Gasteiger partial charge in [0, 0.05) is 29.7 Å². The SMILES string of the molecule is COc1c(OCCCCC#N)cc2oc3cc(OCCCCN4CCCC4)c(CC=C(C)C)c(O)c3c(=O)c2c1CC=C(C)C. The molecule has 0 unspecified atom stereocenters. The summed E-state index contributed by atoms with van der Waals surface area (Å²) < 4.78 is 24.6. The summed E-state index contributed by atoms with van der Waals surface area (Å²) >= 11 is 0. The largest absolute Gasteiger partial charge is 0.507 e. The molecule has 8 heteroatoms. The van der Waals surface area contributed by atoms with Crippen LogP contribution in [0.2, 0.25) is 0 Å². The normalized spacial score (nSPS) is 13.2. The number of unbranched alkanes of at least 4 members (excludes halogenated alkanes) is 3. The van der Waals surface area contributed by atoms with E-state index in [1.165, 1.54) is 25.9 Å². The molecule has 8 nitrogen and oxygen atoms in total. The maximum Gasteiger partial charge on any atom is 0.204 e. The lowest BCUT2D eigenvalue weighted by molar-refractivity contribution is 0.277. The highest BCUT2D eigenvalue weighted by atomic mass is 16.5. The van der Waals surface area contributed by atoms with Crippen molar-refractivity contribution in [2.24, 2.45) is 0 Å². The molecular formula is C37H48N2O6. The van der Waals surface area contributed by atoms with Crippen molar-refractivity contribution in [3.8, 4) is 29.1 Å². The molecule has 1 aliphatic rings. The van der Waals surface area contributed by atoms with Gasteiger partial charge in [0.15, 0.2) is 11.5 Å². The topological polar surface area (TPSA) is 105 Å². The molecule has 0 atom stereocenters. The van der Waals surface area contributed by atoms with Crippen LogP contribution in [-0.2, 0) is 12.8 Å². The standard InChI is InChI=1S/C37H48N2O6/c1-25(2)13-15-27-29(43-22-12-10-20-39-18-8-9-19-39)23-31-34(35(27)40)36(41)33-28(16-14-26(3)4)37(42-5)32(24-30(33)45-31)44-21-11-6-7-17-38/h13-14,23-24,40H,6-12,15-16,18-22H2,1-5H3. The molecule has 1 aromatic heterocycles. The van der Waals surface area contributed by atoms with Gasteiger partial charge in [-0.3, -0.25) is 4.79 Å². The van der Waals surface area contributed by atoms with Crippen LogP contribution in [0, 0.1) is 11.3 Å². The predicted octanol–water partition coefficient (Wildman–Crippen LogP) is 8.01. The third-order valence-corrected chi connectivity index (χ3v) is 8.21. The van der Waals surface area contributed by atoms with Crippen molar-refractivity contribution in [1.82, 2.24) is 4.90 Å². The number of ether oxygens (including phenoxy) is 3. The zero-order valence-electron chi connectivity index (χ0n) is 27.6. The number of benzene rings is 2. The van der Waals surface area contributed by atoms with E-state index in [1.54, 1.807) is 19.2 Å². The van der Waals surface area contributed by atoms with Gasteiger partial charge in [0.25, 0.3) is 0 Å². The number of rotatable bonds is 16. The molecule has 2 aromatic carbocycles. The molecule has 0 spiro atoms. The Bertz CT molecular complexity index is 1630. The van der Waals surface area contributed by atoms with Crippen molar-refractivity contribution in [3.63, 3.8) is 0 Å². The first-order chi connectivity index (χ1) is 21.7. The van der Waals surface area contributed by atoms with Gasteiger partial charge in [-0.2, -0.15) is 5.26 Å². The first kappa shape index (κ1) is 33.9. The molecule has 45 heavy (non-hydrogen) atoms. The Kier molecular flexibility index (Phi) is 12.3. The van der Waals surface area contributed by atoms with Crippen molar-refractivity contribution in [2.45, 2.75) is 85.5 Å². The number of methoxy groups -OCH3 is 1. The minimum atomic E-state index is -0.324. The van der Waals surface area contributed by atoms with Crippen LogP contribution in [-0.4, -0.2) is 50.0 Å². The second-order valence-electron chi connectivity index (χ2n) is 12.3. The van der Waals surface area contributed by atoms with Crippen molar-refractivity contribution >= 4 is 21.9 Å². The maximum absolute atomic E-state index is 14.3. The zero-order valence-corrected chi connectivity index (χ0v) is 27.6. The Morgan fingerprint density at radius 3 is 2.16 bits per heavy atom. The van der Waals surface area contributed by atoms with Crippen molar-refractivity contribution in [2.75, 3.05) is 40.0 Å². The fraction of sp³-hybridized carbons (Fsp3) is 0.514. The summed E-state index contributed by atoms with van der Waals surface area (Å²) in [5.41, 5.74) is 3.70. The summed E-state index contributed by atoms with van der Waals surface area (Å²) in [6.45, 7) is 12.3. The Balaban J connectivity index is 1.79. The van der Waals surface area contributed by atoms with Gasteiger partial charge in [-0.15, -0.1) is 0 Å². The molecule has 1 N–H and O–H groups in total. The Morgan fingerprint density at radius 2 is 1.51 bits per heavy atom. The van der Waals surface area contributed by atoms with Gasteiger partial charge in [-0.25, -0.2) is 0 Å². The van der Waals surface area contributed by atoms with Crippen LogP contribution < -0.4 is 19.6 Å². The molecular weight excluding hydrogens is 568 g/mol. The predicted molar refractivity (Wildman–Crippen MR) is 180 cm³/mol. The maximum atomic E-state index is 14.3. The van der Waals surface area contributed by atoms with E-state index in [9.17, 15) is 9.90 Å². The molecule has 0 bridgehead atoms. The first-order valence-electron chi connectivity index (χ1n) is 16.2. The molecule has 4 rings (SSSR count). The number of likely N-dealkylation sites (tertiary alicyclic amines) is 1. The first-order valence-corrected chi connectivity index (χ1v) is 16.2. The van der Waals surface area contributed by atoms with E-state index in [-0.39, 0.29) is 22.1 Å². The van der Waals surface area contributed by atoms with E-state index < -0.39 is 0 Å². The number of allylic oxidation sites excluding steroid dienone is 4. The smallest absolute Gasteiger partial charge is 0.204 e. The van der Waals surface area contributed by atoms with Gasteiger partial charge < -0.3 is 28.6 Å². The van der Waals surface area contributed by atoms with Gasteiger partial charge in [0.2, 0.25) is 5.43 Å². The van der Waals surface area contributed by atoms with Crippen LogP contribution in [0.1, 0.15) is 83.8 Å². The number of nitriles is 1. The minimum Gasteiger partial charge on any atom is -0.507 e. The minimum absolute atomic E-state index is 0.113. The third-order valence-electron chi connectivity index (χ3n) is 8.21. The van der Waals surface area contributed by atoms with Crippen molar-refractivity contribution in [3.05, 3.63) is 56.8 Å². The van der Waals surface area contributed by atoms with E-state index in [0.717, 1.165) is 37.0 Å². The second kappa shape index (κ2) is 16.4. The molecule has 0 saturated carbocycles. The lowest BCUT2D eigenvalue weighted by Crippen LogP contribution is -2.20. The van der Waals surface area contributed by atoms with Crippen LogP contribution in [0.3, 0.4) is 0 Å². The highest BCUT2D eigenvalue weighted by Crippen LogP contribution is 2.41. The van der Waals surface area contributed by atoms with Gasteiger partial charge in [-0.1, -0.05) is 23.3 Å². The fourth-order valence-corrected chi connectivity index (χ4v) is 5.78. The molecule has 2 heterocycles. The third kappa shape index (κ3) is 8.61. The molecule has 0 amide bonds. The monoisotopic (exact) mass is 616 g/mol. The lowest BCUT2D eigenvalue weighted by Gasteiger charge is -2.18. The Labute approximate surface area is 266 Å². The summed E-state index contributed by atoms with van der Waals surface area (Å²) in [4.78, 5) is 16.8. The summed E-state index contributed by atoms with van der Waals surface area (Å²) in [5, 5.41) is 21.0. The number of phenolic OH excluding ortho intramolecular Hbond substituents is 1. The number of phenols is 1. The molecule has 1 saturated heterocycles. The number of aromatic hydroxyl groups is 1. The van der Waals surface area contributed by atoms with Crippen LogP contribution in [0.5, 0.6) is 23.0 Å². The van der Waals surface area contributed by atoms with Gasteiger partial charge in [0.05, 0.1) is 31.8 Å². The molecule has 1 aliphatic heterocycles. The second-order valence-corrected chi connectivity index (χ2v) is 12.3. The number of hydrogen-bond acceptors (Lipinski definition) is 8. The average molecular weight is 617 g/mol. The quantitative estimate of drug-likeness (QED) is 0.0980. The summed E-state index contributed by atoms with van der Waals surface area (Å²) in [7, 11) is 1.56. The van der Waals surface area contributed by atoms with Crippen LogP contribution in [0.4, 0.5) is 0 Å². The van der Waals surface area contributed by atoms with E-state index in [4.69, 9.17) is 23.9 Å². The van der Waals surface area contributed by atoms with Crippen LogP contribution >= 0.6 is 0 Å². The summed E-state index contributed by atoms with van der Waals surface area (Å²) in [5.74, 6) is 1.34. The van der Waals surface area contributed by atoms with Crippen LogP contribution in [0.15, 0.2) is 44.6 Å². The van der Waals surface area contributed by atoms with Gasteiger partial charge in [-0.05, 0) is 98.7 Å². The van der Waals surface area contributed by atoms with E-state index in [1.807, 2.05) is 39.8 Å². The van der Waals surface area contributed by atoms with E-state index >= 15 is 0 Å². The van der Waals surface area contributed by atoms with Crippen molar-refractivity contribution < 1.29 is 23.7 Å². The molecule has 0 aliphatic carbocycles. The van der Waals surface area contributed by atoms with Gasteiger partial charge >= 0.3 is 0 Å². The van der Waals surface area contributed by atoms with Crippen molar-refractivity contribution in [1.29, 1.82) is 5.26 Å². The highest BCUT2D eigenvalue weighted by molar-refractivity contribution is 5.98. The average Bonchev–Trinajstić information content (AvgIpc) is 3.52. The fourth-order valence-electron chi connectivity index (χ4n) is 5.78. The van der Waals surface area contributed by atoms with E-state index in [2.05, 4.69) is 11.0 Å². The zero-order chi connectivity index (χ0) is 32.3. The molecule has 0 radical (unpaired) electrons. The Morgan fingerprint density at radius 1 is 0.911 bits per heavy atom. The van der Waals surface area contributed by atoms with E-state index in [0.29, 0.717) is 78.2 Å². The number of nitrogens with zero attached hydrogens (tertiary/aromatic N) is 2. The molecule has 242 valence electrons. The molecule has 3 aromatic rings. The number of fused-ring (bicyclic) bond motifs is 2. The molecule has 1 fully saturated rings. The highest BCUT2D eigenvalue weighted by Gasteiger charge is 2.24. The number of hydrogen-bond donors (Lipinski definition) is 1.